The third-order valence-electron chi connectivity index (χ3n) is 5.07. The fourth-order valence-electron chi connectivity index (χ4n) is 3.21. The van der Waals surface area contributed by atoms with Crippen molar-refractivity contribution in [3.05, 3.63) is 54.4 Å². The minimum Gasteiger partial charge on any atom is -0.348 e. The summed E-state index contributed by atoms with van der Waals surface area (Å²) in [4.78, 5) is 17.2. The van der Waals surface area contributed by atoms with Crippen LogP contribution >= 0.6 is 0 Å². The van der Waals surface area contributed by atoms with Crippen LogP contribution in [-0.4, -0.2) is 36.8 Å². The summed E-state index contributed by atoms with van der Waals surface area (Å²) in [6.45, 7) is 11.3. The average Bonchev–Trinajstić information content (AvgIpc) is 3.31. The van der Waals surface area contributed by atoms with E-state index < -0.39 is 29.2 Å². The molecule has 0 bridgehead atoms. The lowest BCUT2D eigenvalue weighted by molar-refractivity contribution is -0.137. The van der Waals surface area contributed by atoms with Gasteiger partial charge in [0.2, 0.25) is 5.91 Å². The Balaban J connectivity index is 2.09. The van der Waals surface area contributed by atoms with E-state index in [4.69, 9.17) is 5.73 Å². The fraction of sp³-hybridized carbons (Fsp3) is 0.500. The van der Waals surface area contributed by atoms with Crippen molar-refractivity contribution in [3.63, 3.8) is 0 Å². The molecule has 1 unspecified atom stereocenters. The zero-order chi connectivity index (χ0) is 24.1. The van der Waals surface area contributed by atoms with E-state index in [0.717, 1.165) is 35.0 Å². The normalized spacial score (nSPS) is 14.5. The third kappa shape index (κ3) is 6.56. The van der Waals surface area contributed by atoms with Crippen LogP contribution in [0.1, 0.15) is 57.1 Å². The molecule has 3 N–H and O–H groups in total. The lowest BCUT2D eigenvalue weighted by Gasteiger charge is -2.28. The van der Waals surface area contributed by atoms with E-state index in [1.54, 1.807) is 32.2 Å². The number of alkyl halides is 3. The number of hydrogen-bond acceptors (Lipinski definition) is 4. The third-order valence-corrected chi connectivity index (χ3v) is 5.07. The molecule has 0 aromatic carbocycles. The highest BCUT2D eigenvalue weighted by Crippen LogP contribution is 2.28. The van der Waals surface area contributed by atoms with Gasteiger partial charge >= 0.3 is 6.18 Å². The Labute approximate surface area is 186 Å². The van der Waals surface area contributed by atoms with E-state index in [-0.39, 0.29) is 18.9 Å². The summed E-state index contributed by atoms with van der Waals surface area (Å²) in [5, 5.41) is 6.55. The second-order valence-corrected chi connectivity index (χ2v) is 8.47. The van der Waals surface area contributed by atoms with Gasteiger partial charge in [-0.1, -0.05) is 26.5 Å². The Kier molecular flexibility index (Phi) is 8.06. The van der Waals surface area contributed by atoms with Crippen molar-refractivity contribution >= 4 is 12.1 Å². The highest BCUT2D eigenvalue weighted by atomic mass is 19.4. The van der Waals surface area contributed by atoms with E-state index in [1.807, 2.05) is 10.8 Å². The number of rotatable bonds is 10. The molecular weight excluding hydrogens is 421 g/mol. The summed E-state index contributed by atoms with van der Waals surface area (Å²) in [6.07, 6.45) is 5.33. The molecule has 0 fully saturated rings. The topological polar surface area (TPSA) is 90.8 Å². The Morgan fingerprint density at radius 2 is 2.03 bits per heavy atom. The first kappa shape index (κ1) is 25.4. The van der Waals surface area contributed by atoms with E-state index in [9.17, 15) is 18.0 Å². The second kappa shape index (κ2) is 10.2. The predicted octanol–water partition coefficient (Wildman–Crippen LogP) is 3.73. The first-order valence-electron chi connectivity index (χ1n) is 10.4. The van der Waals surface area contributed by atoms with Crippen LogP contribution in [0.4, 0.5) is 13.2 Å². The minimum atomic E-state index is -4.47. The maximum absolute atomic E-state index is 12.8. The number of allylic oxidation sites excluding steroid dienone is 2. The van der Waals surface area contributed by atoms with Crippen molar-refractivity contribution in [1.29, 1.82) is 0 Å². The Morgan fingerprint density at radius 1 is 1.34 bits per heavy atom. The van der Waals surface area contributed by atoms with E-state index in [1.165, 1.54) is 0 Å². The molecule has 0 radical (unpaired) electrons. The first-order chi connectivity index (χ1) is 14.9. The maximum atomic E-state index is 12.8. The van der Waals surface area contributed by atoms with Crippen molar-refractivity contribution in [3.8, 4) is 0 Å². The molecule has 1 amide bonds. The van der Waals surface area contributed by atoms with Crippen molar-refractivity contribution in [2.75, 3.05) is 0 Å². The maximum Gasteiger partial charge on any atom is 0.419 e. The Hall–Kier alpha value is -2.88. The molecule has 2 atom stereocenters. The highest BCUT2D eigenvalue weighted by Gasteiger charge is 2.33. The van der Waals surface area contributed by atoms with Gasteiger partial charge in [-0.05, 0) is 26.3 Å². The van der Waals surface area contributed by atoms with Crippen LogP contribution in [0.15, 0.2) is 37.3 Å². The molecule has 2 rings (SSSR count). The summed E-state index contributed by atoms with van der Waals surface area (Å²) in [5.74, 6) is 0.675. The Bertz CT molecular complexity index is 957. The smallest absolute Gasteiger partial charge is 0.348 e. The van der Waals surface area contributed by atoms with Gasteiger partial charge in [-0.2, -0.15) is 18.3 Å². The molecule has 32 heavy (non-hydrogen) atoms. The molecule has 0 aliphatic carbocycles. The fourth-order valence-corrected chi connectivity index (χ4v) is 3.21. The largest absolute Gasteiger partial charge is 0.419 e. The van der Waals surface area contributed by atoms with Crippen molar-refractivity contribution < 1.29 is 18.0 Å². The number of carbonyl (C=O) groups excluding carboxylic acids is 1. The van der Waals surface area contributed by atoms with Gasteiger partial charge in [0, 0.05) is 36.6 Å². The number of hydrogen-bond donors (Lipinski definition) is 2. The molecular formula is C22H31F3N6O. The number of nitrogens with one attached hydrogen (secondary N) is 1. The van der Waals surface area contributed by atoms with Crippen LogP contribution in [0.3, 0.4) is 0 Å². The number of imidazole rings is 1. The van der Waals surface area contributed by atoms with Crippen LogP contribution in [0.5, 0.6) is 0 Å². The summed E-state index contributed by atoms with van der Waals surface area (Å²) in [7, 11) is 0. The predicted molar refractivity (Wildman–Crippen MR) is 118 cm³/mol. The van der Waals surface area contributed by atoms with E-state index in [2.05, 4.69) is 35.8 Å². The zero-order valence-electron chi connectivity index (χ0n) is 18.9. The lowest BCUT2D eigenvalue weighted by Crippen LogP contribution is -2.53. The van der Waals surface area contributed by atoms with Crippen LogP contribution in [-0.2, 0) is 23.9 Å². The average molecular weight is 453 g/mol. The Morgan fingerprint density at radius 3 is 2.59 bits per heavy atom. The number of aromatic nitrogens is 4. The first-order valence-corrected chi connectivity index (χ1v) is 10.4. The number of halogens is 3. The number of amides is 1. The molecule has 0 saturated carbocycles. The number of nitrogens with zero attached hydrogens (tertiary/aromatic N) is 4. The quantitative estimate of drug-likeness (QED) is 0.538. The van der Waals surface area contributed by atoms with Crippen molar-refractivity contribution in [2.24, 2.45) is 5.73 Å². The van der Waals surface area contributed by atoms with Gasteiger partial charge in [-0.15, -0.1) is 0 Å². The lowest BCUT2D eigenvalue weighted by atomic mass is 10.0. The summed E-state index contributed by atoms with van der Waals surface area (Å²) in [6, 6.07) is -0.866. The number of nitrogens with two attached hydrogens (primary N) is 1. The molecule has 176 valence electrons. The van der Waals surface area contributed by atoms with Crippen molar-refractivity contribution in [1.82, 2.24) is 24.6 Å². The minimum absolute atomic E-state index is 0.0553. The van der Waals surface area contributed by atoms with Gasteiger partial charge in [0.25, 0.3) is 0 Å². The summed E-state index contributed by atoms with van der Waals surface area (Å²) >= 11 is 0. The molecule has 0 spiro atoms. The van der Waals surface area contributed by atoms with E-state index in [0.29, 0.717) is 0 Å². The summed E-state index contributed by atoms with van der Waals surface area (Å²) in [5.41, 5.74) is 5.23. The van der Waals surface area contributed by atoms with Gasteiger partial charge in [0.05, 0.1) is 29.9 Å². The SMILES string of the molecule is C=C/C=C\n1c(C[C@@H](N)C(=O)NC(C)(C)Cn2cc(C(F)(F)F)cn2)cnc1C(C)CC. The molecule has 0 saturated heterocycles. The van der Waals surface area contributed by atoms with Crippen LogP contribution < -0.4 is 11.1 Å². The zero-order valence-corrected chi connectivity index (χ0v) is 18.9. The molecule has 2 aromatic rings. The van der Waals surface area contributed by atoms with Gasteiger partial charge in [0.1, 0.15) is 5.82 Å². The van der Waals surface area contributed by atoms with Crippen LogP contribution in [0.2, 0.25) is 0 Å². The van der Waals surface area contributed by atoms with Gasteiger partial charge in [0.15, 0.2) is 0 Å². The van der Waals surface area contributed by atoms with Gasteiger partial charge in [-0.3, -0.25) is 9.48 Å². The summed E-state index contributed by atoms with van der Waals surface area (Å²) < 4.78 is 41.4. The second-order valence-electron chi connectivity index (χ2n) is 8.47. The van der Waals surface area contributed by atoms with Crippen molar-refractivity contribution in [2.45, 2.75) is 70.8 Å². The molecule has 7 nitrogen and oxygen atoms in total. The van der Waals surface area contributed by atoms with Crippen LogP contribution in [0.25, 0.3) is 6.20 Å². The molecule has 10 heteroatoms. The standard InChI is InChI=1S/C22H31F3N6O/c1-6-8-9-31-17(12-27-19(31)15(3)7-2)10-18(26)20(32)29-21(4,5)14-30-13-16(11-28-30)22(23,24)25/h6,8-9,11-13,15,18H,1,7,10,14,26H2,2-5H3,(H,29,32)/b9-8-/t15?,18-/m1/s1. The molecule has 2 heterocycles. The van der Waals surface area contributed by atoms with Gasteiger partial charge < -0.3 is 15.6 Å². The van der Waals surface area contributed by atoms with Crippen LogP contribution in [0, 0.1) is 0 Å². The monoisotopic (exact) mass is 452 g/mol. The molecule has 0 aliphatic rings. The highest BCUT2D eigenvalue weighted by molar-refractivity contribution is 5.82. The van der Waals surface area contributed by atoms with Gasteiger partial charge in [-0.25, -0.2) is 4.98 Å². The molecule has 0 aliphatic heterocycles. The van der Waals surface area contributed by atoms with E-state index >= 15 is 0 Å². The number of carbonyl (C=O) groups is 1. The molecule has 2 aromatic heterocycles.